The third kappa shape index (κ3) is 4.55. The number of sulfonamides is 1. The van der Waals surface area contributed by atoms with Gasteiger partial charge in [-0.3, -0.25) is 0 Å². The maximum Gasteiger partial charge on any atom is 0.243 e. The molecule has 7 nitrogen and oxygen atoms in total. The van der Waals surface area contributed by atoms with Crippen molar-refractivity contribution in [3.05, 3.63) is 66.5 Å². The number of piperazine rings is 1. The Bertz CT molecular complexity index is 1140. The van der Waals surface area contributed by atoms with Crippen LogP contribution < -0.4 is 9.64 Å². The van der Waals surface area contributed by atoms with Gasteiger partial charge in [-0.2, -0.15) is 4.31 Å². The lowest BCUT2D eigenvalue weighted by Gasteiger charge is -2.34. The van der Waals surface area contributed by atoms with Gasteiger partial charge in [0.25, 0.3) is 0 Å². The first-order valence-electron chi connectivity index (χ1n) is 10.3. The van der Waals surface area contributed by atoms with Gasteiger partial charge in [-0.25, -0.2) is 18.4 Å². The first-order chi connectivity index (χ1) is 15.0. The highest BCUT2D eigenvalue weighted by Gasteiger charge is 2.29. The van der Waals surface area contributed by atoms with Crippen LogP contribution in [-0.2, 0) is 16.4 Å². The largest absolute Gasteiger partial charge is 0.497 e. The Morgan fingerprint density at radius 2 is 1.71 bits per heavy atom. The molecule has 3 aromatic rings. The summed E-state index contributed by atoms with van der Waals surface area (Å²) in [7, 11) is -1.86. The zero-order valence-corrected chi connectivity index (χ0v) is 18.5. The van der Waals surface area contributed by atoms with Gasteiger partial charge in [-0.15, -0.1) is 0 Å². The molecule has 0 aliphatic carbocycles. The van der Waals surface area contributed by atoms with Crippen LogP contribution in [0.3, 0.4) is 0 Å². The quantitative estimate of drug-likeness (QED) is 0.588. The normalized spacial score (nSPS) is 15.1. The standard InChI is InChI=1S/C23H26N4O3S/c1-3-18-7-9-21(10-8-18)31(28,29)27-13-11-26(12-14-27)23-16-22(24-17-25-23)19-5-4-6-20(15-19)30-2/h4-10,15-17H,3,11-14H2,1-2H3. The summed E-state index contributed by atoms with van der Waals surface area (Å²) in [5.41, 5.74) is 2.87. The molecule has 1 fully saturated rings. The molecule has 2 aromatic carbocycles. The summed E-state index contributed by atoms with van der Waals surface area (Å²) in [6, 6.07) is 16.8. The molecule has 0 amide bonds. The fourth-order valence-electron chi connectivity index (χ4n) is 3.66. The minimum Gasteiger partial charge on any atom is -0.497 e. The van der Waals surface area contributed by atoms with Crippen LogP contribution in [-0.4, -0.2) is 56.0 Å². The molecule has 8 heteroatoms. The summed E-state index contributed by atoms with van der Waals surface area (Å²) in [6.45, 7) is 4.02. The zero-order valence-electron chi connectivity index (χ0n) is 17.7. The highest BCUT2D eigenvalue weighted by molar-refractivity contribution is 7.89. The monoisotopic (exact) mass is 438 g/mol. The van der Waals surface area contributed by atoms with Crippen molar-refractivity contribution in [1.29, 1.82) is 0 Å². The first kappa shape index (κ1) is 21.3. The number of hydrogen-bond donors (Lipinski definition) is 0. The summed E-state index contributed by atoms with van der Waals surface area (Å²) >= 11 is 0. The molecule has 0 spiro atoms. The lowest BCUT2D eigenvalue weighted by atomic mass is 10.1. The van der Waals surface area contributed by atoms with Gasteiger partial charge in [0.1, 0.15) is 17.9 Å². The Morgan fingerprint density at radius 1 is 0.968 bits per heavy atom. The molecule has 1 aromatic heterocycles. The second-order valence-electron chi connectivity index (χ2n) is 7.38. The van der Waals surface area contributed by atoms with Crippen LogP contribution in [0.1, 0.15) is 12.5 Å². The number of ether oxygens (including phenoxy) is 1. The molecular formula is C23H26N4O3S. The fraction of sp³-hybridized carbons (Fsp3) is 0.304. The van der Waals surface area contributed by atoms with Crippen LogP contribution in [0.15, 0.2) is 65.8 Å². The molecule has 0 atom stereocenters. The van der Waals surface area contributed by atoms with Crippen LogP contribution in [0.25, 0.3) is 11.3 Å². The first-order valence-corrected chi connectivity index (χ1v) is 11.8. The van der Waals surface area contributed by atoms with Crippen molar-refractivity contribution < 1.29 is 13.2 Å². The molecular weight excluding hydrogens is 412 g/mol. The van der Waals surface area contributed by atoms with Gasteiger partial charge >= 0.3 is 0 Å². The van der Waals surface area contributed by atoms with E-state index in [9.17, 15) is 8.42 Å². The average molecular weight is 439 g/mol. The van der Waals surface area contributed by atoms with Crippen LogP contribution in [0.4, 0.5) is 5.82 Å². The minimum atomic E-state index is -3.49. The van der Waals surface area contributed by atoms with Crippen LogP contribution in [0.2, 0.25) is 0 Å². The molecule has 0 saturated carbocycles. The van der Waals surface area contributed by atoms with Crippen LogP contribution in [0.5, 0.6) is 5.75 Å². The van der Waals surface area contributed by atoms with E-state index in [-0.39, 0.29) is 0 Å². The molecule has 1 aliphatic heterocycles. The van der Waals surface area contributed by atoms with Gasteiger partial charge in [0.2, 0.25) is 10.0 Å². The smallest absolute Gasteiger partial charge is 0.243 e. The van der Waals surface area contributed by atoms with Crippen molar-refractivity contribution in [2.75, 3.05) is 38.2 Å². The average Bonchev–Trinajstić information content (AvgIpc) is 2.84. The second-order valence-corrected chi connectivity index (χ2v) is 9.32. The number of rotatable bonds is 6. The number of anilines is 1. The van der Waals surface area contributed by atoms with Gasteiger partial charge in [-0.05, 0) is 36.2 Å². The van der Waals surface area contributed by atoms with Gasteiger partial charge in [0.15, 0.2) is 0 Å². The maximum atomic E-state index is 13.0. The van der Waals surface area contributed by atoms with Crippen LogP contribution in [0, 0.1) is 0 Å². The van der Waals surface area contributed by atoms with Crippen molar-refractivity contribution in [2.24, 2.45) is 0 Å². The Labute approximate surface area is 183 Å². The number of aromatic nitrogens is 2. The predicted molar refractivity (Wildman–Crippen MR) is 121 cm³/mol. The summed E-state index contributed by atoms with van der Waals surface area (Å²) in [6.07, 6.45) is 2.43. The van der Waals surface area contributed by atoms with Crippen LogP contribution >= 0.6 is 0 Å². The molecule has 162 valence electrons. The number of benzene rings is 2. The molecule has 0 radical (unpaired) electrons. The van der Waals surface area contributed by atoms with Crippen molar-refractivity contribution in [3.63, 3.8) is 0 Å². The van der Waals surface area contributed by atoms with Gasteiger partial charge < -0.3 is 9.64 Å². The van der Waals surface area contributed by atoms with Gasteiger partial charge in [0.05, 0.1) is 17.7 Å². The summed E-state index contributed by atoms with van der Waals surface area (Å²) in [4.78, 5) is 11.2. The van der Waals surface area contributed by atoms with E-state index in [2.05, 4.69) is 21.8 Å². The Balaban J connectivity index is 1.47. The topological polar surface area (TPSA) is 75.6 Å². The van der Waals surface area contributed by atoms with Crippen molar-refractivity contribution in [1.82, 2.24) is 14.3 Å². The maximum absolute atomic E-state index is 13.0. The molecule has 1 aliphatic rings. The fourth-order valence-corrected chi connectivity index (χ4v) is 5.09. The molecule has 4 rings (SSSR count). The van der Waals surface area contributed by atoms with E-state index in [1.54, 1.807) is 29.9 Å². The van der Waals surface area contributed by atoms with E-state index in [1.807, 2.05) is 42.5 Å². The molecule has 0 bridgehead atoms. The van der Waals surface area contributed by atoms with Crippen molar-refractivity contribution in [3.8, 4) is 17.0 Å². The molecule has 0 unspecified atom stereocenters. The van der Waals surface area contributed by atoms with E-state index in [4.69, 9.17) is 4.74 Å². The summed E-state index contributed by atoms with van der Waals surface area (Å²) in [5.74, 6) is 1.56. The highest BCUT2D eigenvalue weighted by Crippen LogP contribution is 2.26. The molecule has 2 heterocycles. The van der Waals surface area contributed by atoms with E-state index >= 15 is 0 Å². The number of hydrogen-bond acceptors (Lipinski definition) is 6. The number of nitrogens with zero attached hydrogens (tertiary/aromatic N) is 4. The highest BCUT2D eigenvalue weighted by atomic mass is 32.2. The van der Waals surface area contributed by atoms with E-state index < -0.39 is 10.0 Å². The summed E-state index contributed by atoms with van der Waals surface area (Å²) in [5, 5.41) is 0. The molecule has 31 heavy (non-hydrogen) atoms. The third-order valence-electron chi connectivity index (χ3n) is 5.55. The predicted octanol–water partition coefficient (Wildman–Crippen LogP) is 3.23. The van der Waals surface area contributed by atoms with E-state index in [0.717, 1.165) is 34.8 Å². The van der Waals surface area contributed by atoms with Crippen molar-refractivity contribution >= 4 is 15.8 Å². The molecule has 1 saturated heterocycles. The van der Waals surface area contributed by atoms with E-state index in [0.29, 0.717) is 31.1 Å². The van der Waals surface area contributed by atoms with Gasteiger partial charge in [0, 0.05) is 37.8 Å². The minimum absolute atomic E-state index is 0.348. The Kier molecular flexibility index (Phi) is 6.20. The Hall–Kier alpha value is -2.97. The second kappa shape index (κ2) is 9.03. The SMILES string of the molecule is CCc1ccc(S(=O)(=O)N2CCN(c3cc(-c4cccc(OC)c4)ncn3)CC2)cc1. The lowest BCUT2D eigenvalue weighted by Crippen LogP contribution is -2.48. The number of aryl methyl sites for hydroxylation is 1. The van der Waals surface area contributed by atoms with Gasteiger partial charge in [-0.1, -0.05) is 31.2 Å². The molecule has 0 N–H and O–H groups in total. The van der Waals surface area contributed by atoms with Crippen molar-refractivity contribution in [2.45, 2.75) is 18.2 Å². The lowest BCUT2D eigenvalue weighted by molar-refractivity contribution is 0.384. The summed E-state index contributed by atoms with van der Waals surface area (Å²) < 4.78 is 32.8. The third-order valence-corrected chi connectivity index (χ3v) is 7.46. The Morgan fingerprint density at radius 3 is 2.39 bits per heavy atom. The van der Waals surface area contributed by atoms with E-state index in [1.165, 1.54) is 0 Å². The zero-order chi connectivity index (χ0) is 21.8. The number of methoxy groups -OCH3 is 1.